The SMILES string of the molecule is C[C@H](CCC(=O)N[C@@H](CCCN=C(N)N)C(=O)O)[C@H]1CC[C@H]2[C@@H]3CC[C@@H]4C[C@H](O)CC[C@]4(C)[C@H]3C[C@H](O)[C@]12C. The Bertz CT molecular complexity index is 925. The Morgan fingerprint density at radius 3 is 2.46 bits per heavy atom. The van der Waals surface area contributed by atoms with Gasteiger partial charge in [0.25, 0.3) is 0 Å². The molecule has 9 heteroatoms. The van der Waals surface area contributed by atoms with E-state index in [1.807, 2.05) is 0 Å². The molecule has 0 aliphatic heterocycles. The molecule has 4 saturated carbocycles. The third kappa shape index (κ3) is 5.95. The molecular weight excluding hydrogens is 496 g/mol. The number of rotatable bonds is 10. The maximum absolute atomic E-state index is 12.7. The number of carboxylic acid groups (broad SMARTS) is 1. The Balaban J connectivity index is 1.35. The molecule has 222 valence electrons. The summed E-state index contributed by atoms with van der Waals surface area (Å²) < 4.78 is 0. The Morgan fingerprint density at radius 2 is 1.77 bits per heavy atom. The number of guanidine groups is 1. The summed E-state index contributed by atoms with van der Waals surface area (Å²) in [4.78, 5) is 28.2. The fourth-order valence-electron chi connectivity index (χ4n) is 9.75. The third-order valence-electron chi connectivity index (χ3n) is 11.9. The quantitative estimate of drug-likeness (QED) is 0.138. The highest BCUT2D eigenvalue weighted by molar-refractivity contribution is 5.83. The molecule has 0 radical (unpaired) electrons. The standard InChI is InChI=1S/C30H52N4O5/c1-17(6-11-26(37)34-24(27(38)39)5-4-14-33-28(31)32)21-9-10-22-20-8-7-18-15-19(35)12-13-29(18,2)23(20)16-25(36)30(21,22)3/h17-25,35-36H,4-16H2,1-3H3,(H,34,37)(H,38,39)(H4,31,32,33)/t17-,18-,19-,20+,21-,22+,23+,24+,25+,29+,30-/m1/s1. The minimum atomic E-state index is -1.05. The number of nitrogens with zero attached hydrogens (tertiary/aromatic N) is 1. The number of carbonyl (C=O) groups excluding carboxylic acids is 1. The molecular formula is C30H52N4O5. The molecule has 0 bridgehead atoms. The molecule has 11 atom stereocenters. The monoisotopic (exact) mass is 548 g/mol. The molecule has 0 heterocycles. The van der Waals surface area contributed by atoms with Crippen LogP contribution in [0.1, 0.15) is 97.8 Å². The number of hydrogen-bond acceptors (Lipinski definition) is 5. The second-order valence-electron chi connectivity index (χ2n) is 13.8. The van der Waals surface area contributed by atoms with Gasteiger partial charge in [0, 0.05) is 13.0 Å². The number of hydrogen-bond donors (Lipinski definition) is 6. The van der Waals surface area contributed by atoms with Crippen molar-refractivity contribution in [3.63, 3.8) is 0 Å². The largest absolute Gasteiger partial charge is 0.480 e. The zero-order valence-electron chi connectivity index (χ0n) is 24.1. The first kappa shape index (κ1) is 30.1. The van der Waals surface area contributed by atoms with E-state index in [4.69, 9.17) is 11.5 Å². The predicted octanol–water partition coefficient (Wildman–Crippen LogP) is 3.02. The molecule has 4 aliphatic rings. The van der Waals surface area contributed by atoms with E-state index in [2.05, 4.69) is 31.1 Å². The van der Waals surface area contributed by atoms with E-state index in [1.165, 1.54) is 12.8 Å². The number of fused-ring (bicyclic) bond motifs is 5. The molecule has 0 aromatic heterocycles. The van der Waals surface area contributed by atoms with Crippen LogP contribution >= 0.6 is 0 Å². The molecule has 0 aromatic carbocycles. The number of aliphatic carboxylic acids is 1. The molecule has 9 nitrogen and oxygen atoms in total. The van der Waals surface area contributed by atoms with Crippen molar-refractivity contribution in [3.05, 3.63) is 0 Å². The minimum absolute atomic E-state index is 0.0305. The second kappa shape index (κ2) is 11.9. The highest BCUT2D eigenvalue weighted by atomic mass is 16.4. The summed E-state index contributed by atoms with van der Waals surface area (Å²) in [6, 6.07) is -0.954. The highest BCUT2D eigenvalue weighted by Crippen LogP contribution is 2.68. The van der Waals surface area contributed by atoms with Gasteiger partial charge in [-0.2, -0.15) is 0 Å². The van der Waals surface area contributed by atoms with Crippen LogP contribution in [0.4, 0.5) is 0 Å². The summed E-state index contributed by atoms with van der Waals surface area (Å²) in [6.45, 7) is 7.28. The smallest absolute Gasteiger partial charge is 0.326 e. The average molecular weight is 549 g/mol. The first-order chi connectivity index (χ1) is 18.4. The van der Waals surface area contributed by atoms with Gasteiger partial charge in [0.15, 0.2) is 5.96 Å². The molecule has 8 N–H and O–H groups in total. The topological polar surface area (TPSA) is 171 Å². The van der Waals surface area contributed by atoms with Crippen molar-refractivity contribution in [2.24, 2.45) is 62.8 Å². The summed E-state index contributed by atoms with van der Waals surface area (Å²) in [5.41, 5.74) is 10.7. The minimum Gasteiger partial charge on any atom is -0.480 e. The van der Waals surface area contributed by atoms with E-state index < -0.39 is 12.0 Å². The van der Waals surface area contributed by atoms with Crippen molar-refractivity contribution in [2.75, 3.05) is 6.54 Å². The van der Waals surface area contributed by atoms with Gasteiger partial charge in [-0.25, -0.2) is 4.79 Å². The third-order valence-corrected chi connectivity index (χ3v) is 11.9. The first-order valence-electron chi connectivity index (χ1n) is 15.3. The van der Waals surface area contributed by atoms with E-state index in [0.29, 0.717) is 49.0 Å². The van der Waals surface area contributed by atoms with E-state index in [1.54, 1.807) is 0 Å². The Kier molecular flexibility index (Phi) is 9.21. The van der Waals surface area contributed by atoms with Crippen LogP contribution in [0.15, 0.2) is 4.99 Å². The van der Waals surface area contributed by atoms with Crippen molar-refractivity contribution in [1.82, 2.24) is 5.32 Å². The van der Waals surface area contributed by atoms with E-state index in [0.717, 1.165) is 38.5 Å². The van der Waals surface area contributed by atoms with Crippen LogP contribution in [0.3, 0.4) is 0 Å². The Hall–Kier alpha value is -1.87. The molecule has 1 amide bonds. The predicted molar refractivity (Wildman–Crippen MR) is 150 cm³/mol. The maximum Gasteiger partial charge on any atom is 0.326 e. The van der Waals surface area contributed by atoms with Gasteiger partial charge in [-0.15, -0.1) is 0 Å². The van der Waals surface area contributed by atoms with Crippen molar-refractivity contribution in [3.8, 4) is 0 Å². The first-order valence-corrected chi connectivity index (χ1v) is 15.3. The van der Waals surface area contributed by atoms with Gasteiger partial charge in [-0.05, 0) is 117 Å². The highest BCUT2D eigenvalue weighted by Gasteiger charge is 2.63. The summed E-state index contributed by atoms with van der Waals surface area (Å²) in [6.07, 6.45) is 9.49. The Morgan fingerprint density at radius 1 is 1.03 bits per heavy atom. The summed E-state index contributed by atoms with van der Waals surface area (Å²) in [7, 11) is 0. The van der Waals surface area contributed by atoms with Gasteiger partial charge >= 0.3 is 5.97 Å². The molecule has 4 aliphatic carbocycles. The second-order valence-corrected chi connectivity index (χ2v) is 13.8. The maximum atomic E-state index is 12.7. The number of carbonyl (C=O) groups is 2. The summed E-state index contributed by atoms with van der Waals surface area (Å²) in [5.74, 6) is 1.50. The number of aliphatic imine (C=N–C) groups is 1. The molecule has 0 saturated heterocycles. The number of aliphatic hydroxyl groups is 2. The van der Waals surface area contributed by atoms with Crippen LogP contribution in [0.5, 0.6) is 0 Å². The van der Waals surface area contributed by atoms with Crippen molar-refractivity contribution >= 4 is 17.8 Å². The van der Waals surface area contributed by atoms with Crippen molar-refractivity contribution < 1.29 is 24.9 Å². The van der Waals surface area contributed by atoms with Gasteiger partial charge < -0.3 is 32.1 Å². The molecule has 4 rings (SSSR count). The average Bonchev–Trinajstić information content (AvgIpc) is 3.24. The number of nitrogens with two attached hydrogens (primary N) is 2. The molecule has 4 fully saturated rings. The fourth-order valence-corrected chi connectivity index (χ4v) is 9.75. The lowest BCUT2D eigenvalue weighted by Gasteiger charge is -2.62. The van der Waals surface area contributed by atoms with Gasteiger partial charge in [-0.3, -0.25) is 9.79 Å². The van der Waals surface area contributed by atoms with Gasteiger partial charge in [0.2, 0.25) is 5.91 Å². The van der Waals surface area contributed by atoms with Gasteiger partial charge in [-0.1, -0.05) is 20.8 Å². The Labute approximate surface area is 233 Å². The number of carboxylic acids is 1. The van der Waals surface area contributed by atoms with Crippen LogP contribution in [0.2, 0.25) is 0 Å². The van der Waals surface area contributed by atoms with Crippen LogP contribution in [-0.2, 0) is 9.59 Å². The molecule has 0 unspecified atom stereocenters. The normalized spacial score (nSPS) is 40.9. The number of aliphatic hydroxyl groups excluding tert-OH is 2. The van der Waals surface area contributed by atoms with E-state index in [9.17, 15) is 24.9 Å². The van der Waals surface area contributed by atoms with Crippen molar-refractivity contribution in [2.45, 2.75) is 116 Å². The zero-order valence-corrected chi connectivity index (χ0v) is 24.1. The van der Waals surface area contributed by atoms with Gasteiger partial charge in [0.05, 0.1) is 12.2 Å². The van der Waals surface area contributed by atoms with Crippen molar-refractivity contribution in [1.29, 1.82) is 0 Å². The number of nitrogens with one attached hydrogen (secondary N) is 1. The molecule has 39 heavy (non-hydrogen) atoms. The van der Waals surface area contributed by atoms with Crippen LogP contribution in [-0.4, -0.2) is 58.0 Å². The molecule has 0 spiro atoms. The summed E-state index contributed by atoms with van der Waals surface area (Å²) >= 11 is 0. The lowest BCUT2D eigenvalue weighted by molar-refractivity contribution is -0.175. The number of amides is 1. The van der Waals surface area contributed by atoms with Crippen LogP contribution in [0.25, 0.3) is 0 Å². The van der Waals surface area contributed by atoms with Gasteiger partial charge in [0.1, 0.15) is 6.04 Å². The zero-order chi connectivity index (χ0) is 28.5. The lowest BCUT2D eigenvalue weighted by atomic mass is 9.43. The lowest BCUT2D eigenvalue weighted by Crippen LogP contribution is -2.58. The summed E-state index contributed by atoms with van der Waals surface area (Å²) in [5, 5.41) is 34.2. The van der Waals surface area contributed by atoms with Crippen LogP contribution < -0.4 is 16.8 Å². The van der Waals surface area contributed by atoms with E-state index >= 15 is 0 Å². The van der Waals surface area contributed by atoms with Crippen LogP contribution in [0, 0.1) is 46.3 Å². The fraction of sp³-hybridized carbons (Fsp3) is 0.900. The van der Waals surface area contributed by atoms with E-state index in [-0.39, 0.29) is 53.7 Å². The molecule has 0 aromatic rings.